The molecule has 1 saturated carbocycles. The first-order valence-corrected chi connectivity index (χ1v) is 8.07. The quantitative estimate of drug-likeness (QED) is 0.751. The van der Waals surface area contributed by atoms with Gasteiger partial charge in [-0.1, -0.05) is 13.8 Å². The summed E-state index contributed by atoms with van der Waals surface area (Å²) >= 11 is 0. The fourth-order valence-corrected chi connectivity index (χ4v) is 2.13. The molecule has 0 aliphatic heterocycles. The van der Waals surface area contributed by atoms with Crippen LogP contribution < -0.4 is 10.6 Å². The highest BCUT2D eigenvalue weighted by molar-refractivity contribution is 5.85. The summed E-state index contributed by atoms with van der Waals surface area (Å²) in [6.07, 6.45) is 1.94. The van der Waals surface area contributed by atoms with Crippen LogP contribution in [0.15, 0.2) is 0 Å². The number of hydrogen-bond acceptors (Lipinski definition) is 4. The van der Waals surface area contributed by atoms with E-state index in [0.29, 0.717) is 12.6 Å². The molecule has 2 N–H and O–H groups in total. The smallest absolute Gasteiger partial charge is 0.408 e. The van der Waals surface area contributed by atoms with Gasteiger partial charge in [-0.3, -0.25) is 4.79 Å². The molecule has 1 unspecified atom stereocenters. The van der Waals surface area contributed by atoms with Gasteiger partial charge >= 0.3 is 6.09 Å². The highest BCUT2D eigenvalue weighted by Gasteiger charge is 2.28. The molecule has 6 nitrogen and oxygen atoms in total. The number of ether oxygens (including phenoxy) is 1. The maximum absolute atomic E-state index is 12.3. The minimum atomic E-state index is -0.582. The van der Waals surface area contributed by atoms with Gasteiger partial charge in [0.15, 0.2) is 0 Å². The zero-order valence-corrected chi connectivity index (χ0v) is 14.7. The van der Waals surface area contributed by atoms with Crippen molar-refractivity contribution in [3.05, 3.63) is 0 Å². The van der Waals surface area contributed by atoms with Crippen molar-refractivity contribution >= 4 is 12.0 Å². The van der Waals surface area contributed by atoms with Crippen LogP contribution in [0.4, 0.5) is 4.79 Å². The van der Waals surface area contributed by atoms with E-state index in [1.807, 2.05) is 13.8 Å². The molecule has 22 heavy (non-hydrogen) atoms. The molecule has 0 bridgehead atoms. The van der Waals surface area contributed by atoms with Crippen LogP contribution in [0.2, 0.25) is 0 Å². The van der Waals surface area contributed by atoms with Gasteiger partial charge in [0, 0.05) is 19.1 Å². The monoisotopic (exact) mass is 313 g/mol. The van der Waals surface area contributed by atoms with Crippen LogP contribution in [0.5, 0.6) is 0 Å². The molecule has 6 heteroatoms. The van der Waals surface area contributed by atoms with Gasteiger partial charge in [0.1, 0.15) is 11.6 Å². The van der Waals surface area contributed by atoms with E-state index in [0.717, 1.165) is 6.54 Å². The lowest BCUT2D eigenvalue weighted by Gasteiger charge is -2.25. The molecule has 0 spiro atoms. The Morgan fingerprint density at radius 3 is 2.32 bits per heavy atom. The third kappa shape index (κ3) is 7.11. The predicted molar refractivity (Wildman–Crippen MR) is 86.7 cm³/mol. The predicted octanol–water partition coefficient (Wildman–Crippen LogP) is 1.75. The second-order valence-electron chi connectivity index (χ2n) is 7.37. The number of carbonyl (C=O) groups excluding carboxylic acids is 2. The molecule has 0 aromatic heterocycles. The number of nitrogens with zero attached hydrogens (tertiary/aromatic N) is 1. The van der Waals surface area contributed by atoms with Crippen LogP contribution in [0.25, 0.3) is 0 Å². The number of carbonyl (C=O) groups is 2. The summed E-state index contributed by atoms with van der Waals surface area (Å²) in [6, 6.07) is 0.0961. The molecule has 2 amide bonds. The summed E-state index contributed by atoms with van der Waals surface area (Å²) in [7, 11) is 2.07. The molecular formula is C16H31N3O3. The van der Waals surface area contributed by atoms with E-state index in [4.69, 9.17) is 4.74 Å². The van der Waals surface area contributed by atoms with Crippen molar-refractivity contribution in [1.29, 1.82) is 0 Å². The van der Waals surface area contributed by atoms with Gasteiger partial charge in [-0.25, -0.2) is 4.79 Å². The van der Waals surface area contributed by atoms with Crippen molar-refractivity contribution in [2.45, 2.75) is 65.1 Å². The zero-order valence-electron chi connectivity index (χ0n) is 14.7. The number of hydrogen-bond donors (Lipinski definition) is 2. The standard InChI is InChI=1S/C16H31N3O3/c1-11(2)13(18-15(21)22-16(3,4)5)14(20)17-9-10-19(6)12-7-8-12/h11-13H,7-10H2,1-6H3,(H,17,20)(H,18,21). The Bertz CT molecular complexity index is 387. The molecule has 1 aliphatic rings. The van der Waals surface area contributed by atoms with Gasteiger partial charge in [0.25, 0.3) is 0 Å². The molecule has 1 atom stereocenters. The Kier molecular flexibility index (Phi) is 6.66. The van der Waals surface area contributed by atoms with Crippen LogP contribution in [0.1, 0.15) is 47.5 Å². The van der Waals surface area contributed by atoms with Gasteiger partial charge in [-0.05, 0) is 46.6 Å². The average Bonchev–Trinajstić information content (AvgIpc) is 3.17. The molecule has 0 aromatic rings. The Balaban J connectivity index is 2.40. The fraction of sp³-hybridized carbons (Fsp3) is 0.875. The molecule has 128 valence electrons. The van der Waals surface area contributed by atoms with Crippen molar-refractivity contribution in [2.24, 2.45) is 5.92 Å². The van der Waals surface area contributed by atoms with Crippen LogP contribution in [0.3, 0.4) is 0 Å². The van der Waals surface area contributed by atoms with Gasteiger partial charge in [-0.15, -0.1) is 0 Å². The lowest BCUT2D eigenvalue weighted by molar-refractivity contribution is -0.124. The van der Waals surface area contributed by atoms with E-state index in [1.165, 1.54) is 12.8 Å². The largest absolute Gasteiger partial charge is 0.444 e. The van der Waals surface area contributed by atoms with Crippen molar-refractivity contribution in [2.75, 3.05) is 20.1 Å². The summed E-state index contributed by atoms with van der Waals surface area (Å²) in [5, 5.41) is 5.55. The van der Waals surface area contributed by atoms with E-state index in [1.54, 1.807) is 20.8 Å². The maximum atomic E-state index is 12.3. The van der Waals surface area contributed by atoms with Crippen LogP contribution in [-0.2, 0) is 9.53 Å². The minimum Gasteiger partial charge on any atom is -0.444 e. The first-order chi connectivity index (χ1) is 10.1. The topological polar surface area (TPSA) is 70.7 Å². The molecule has 0 radical (unpaired) electrons. The van der Waals surface area contributed by atoms with E-state index in [9.17, 15) is 9.59 Å². The second kappa shape index (κ2) is 7.81. The summed E-state index contributed by atoms with van der Waals surface area (Å²) < 4.78 is 5.21. The van der Waals surface area contributed by atoms with E-state index in [-0.39, 0.29) is 11.8 Å². The third-order valence-corrected chi connectivity index (χ3v) is 3.56. The van der Waals surface area contributed by atoms with Crippen LogP contribution in [0, 0.1) is 5.92 Å². The number of amides is 2. The van der Waals surface area contributed by atoms with Crippen molar-refractivity contribution in [1.82, 2.24) is 15.5 Å². The first kappa shape index (κ1) is 18.7. The number of nitrogens with one attached hydrogen (secondary N) is 2. The van der Waals surface area contributed by atoms with E-state index < -0.39 is 17.7 Å². The Hall–Kier alpha value is -1.30. The Labute approximate surface area is 134 Å². The average molecular weight is 313 g/mol. The second-order valence-corrected chi connectivity index (χ2v) is 7.37. The van der Waals surface area contributed by atoms with E-state index in [2.05, 4.69) is 22.6 Å². The maximum Gasteiger partial charge on any atom is 0.408 e. The summed E-state index contributed by atoms with van der Waals surface area (Å²) in [4.78, 5) is 26.3. The van der Waals surface area contributed by atoms with Crippen molar-refractivity contribution < 1.29 is 14.3 Å². The lowest BCUT2D eigenvalue weighted by Crippen LogP contribution is -2.51. The van der Waals surface area contributed by atoms with Gasteiger partial charge < -0.3 is 20.3 Å². The Morgan fingerprint density at radius 1 is 1.27 bits per heavy atom. The first-order valence-electron chi connectivity index (χ1n) is 8.07. The summed E-state index contributed by atoms with van der Waals surface area (Å²) in [6.45, 7) is 10.6. The van der Waals surface area contributed by atoms with Crippen LogP contribution in [-0.4, -0.2) is 54.7 Å². The fourth-order valence-electron chi connectivity index (χ4n) is 2.13. The molecular weight excluding hydrogens is 282 g/mol. The molecule has 1 rings (SSSR count). The molecule has 0 aromatic carbocycles. The summed E-state index contributed by atoms with van der Waals surface area (Å²) in [5.41, 5.74) is -0.574. The van der Waals surface area contributed by atoms with Crippen LogP contribution >= 0.6 is 0 Å². The Morgan fingerprint density at radius 2 is 1.86 bits per heavy atom. The molecule has 1 fully saturated rings. The number of likely N-dealkylation sites (N-methyl/N-ethyl adjacent to an activating group) is 1. The molecule has 0 heterocycles. The molecule has 0 saturated heterocycles. The van der Waals surface area contributed by atoms with Crippen molar-refractivity contribution in [3.8, 4) is 0 Å². The molecule has 1 aliphatic carbocycles. The minimum absolute atomic E-state index is 0.00585. The summed E-state index contributed by atoms with van der Waals surface area (Å²) in [5.74, 6) is -0.168. The zero-order chi connectivity index (χ0) is 16.9. The van der Waals surface area contributed by atoms with Gasteiger partial charge in [0.2, 0.25) is 5.91 Å². The van der Waals surface area contributed by atoms with Crippen molar-refractivity contribution in [3.63, 3.8) is 0 Å². The number of alkyl carbamates (subject to hydrolysis) is 1. The lowest BCUT2D eigenvalue weighted by atomic mass is 10.0. The third-order valence-electron chi connectivity index (χ3n) is 3.56. The normalized spacial score (nSPS) is 16.5. The van der Waals surface area contributed by atoms with E-state index >= 15 is 0 Å². The SMILES string of the molecule is CC(C)C(NC(=O)OC(C)(C)C)C(=O)NCCN(C)C1CC1. The van der Waals surface area contributed by atoms with Gasteiger partial charge in [-0.2, -0.15) is 0 Å². The highest BCUT2D eigenvalue weighted by atomic mass is 16.6. The van der Waals surface area contributed by atoms with Gasteiger partial charge in [0.05, 0.1) is 0 Å². The number of rotatable bonds is 7. The highest BCUT2D eigenvalue weighted by Crippen LogP contribution is 2.24.